The fourth-order valence-electron chi connectivity index (χ4n) is 4.35. The van der Waals surface area contributed by atoms with Gasteiger partial charge in [-0.2, -0.15) is 0 Å². The molecular weight excluding hydrogens is 284 g/mol. The maximum absolute atomic E-state index is 11.9. The number of hydrogen-bond acceptors (Lipinski definition) is 5. The monoisotopic (exact) mass is 306 g/mol. The Morgan fingerprint density at radius 3 is 2.77 bits per heavy atom. The molecule has 4 atom stereocenters. The van der Waals surface area contributed by atoms with Crippen LogP contribution >= 0.6 is 0 Å². The standard InChI is InChI=1S/C17H22O5/c1-9-5-6-14(21-11(3)18)16(4)8-17(20)13(7-12(9)16)10(2)15(19)22-17/h5,12,14,20H,6-8H2,1-4H3/t12-,14+,16+,17-/m0/s1. The van der Waals surface area contributed by atoms with E-state index in [1.54, 1.807) is 6.92 Å². The van der Waals surface area contributed by atoms with Gasteiger partial charge in [-0.05, 0) is 26.2 Å². The van der Waals surface area contributed by atoms with E-state index in [2.05, 4.69) is 13.0 Å². The van der Waals surface area contributed by atoms with Crippen LogP contribution in [0.2, 0.25) is 0 Å². The summed E-state index contributed by atoms with van der Waals surface area (Å²) >= 11 is 0. The number of carbonyl (C=O) groups excluding carboxylic acids is 2. The average molecular weight is 306 g/mol. The molecule has 0 aromatic heterocycles. The van der Waals surface area contributed by atoms with Gasteiger partial charge in [-0.1, -0.05) is 18.6 Å². The summed E-state index contributed by atoms with van der Waals surface area (Å²) in [6.07, 6.45) is 3.22. The minimum absolute atomic E-state index is 0.130. The van der Waals surface area contributed by atoms with Gasteiger partial charge in [0.15, 0.2) is 0 Å². The maximum atomic E-state index is 11.9. The molecule has 5 heteroatoms. The Balaban J connectivity index is 2.04. The number of fused-ring (bicyclic) bond motifs is 2. The summed E-state index contributed by atoms with van der Waals surface area (Å²) in [5.74, 6) is -2.20. The molecule has 0 saturated heterocycles. The zero-order valence-corrected chi connectivity index (χ0v) is 13.4. The number of esters is 2. The largest absolute Gasteiger partial charge is 0.462 e. The van der Waals surface area contributed by atoms with Crippen LogP contribution in [0.15, 0.2) is 22.8 Å². The second-order valence-corrected chi connectivity index (χ2v) is 7.00. The Kier molecular flexibility index (Phi) is 3.25. The summed E-state index contributed by atoms with van der Waals surface area (Å²) in [6.45, 7) is 7.17. The molecule has 1 saturated carbocycles. The van der Waals surface area contributed by atoms with Gasteiger partial charge in [0.05, 0.1) is 0 Å². The molecule has 1 fully saturated rings. The first-order valence-corrected chi connectivity index (χ1v) is 7.67. The van der Waals surface area contributed by atoms with E-state index in [9.17, 15) is 14.7 Å². The van der Waals surface area contributed by atoms with E-state index in [1.807, 2.05) is 6.92 Å². The van der Waals surface area contributed by atoms with Crippen LogP contribution < -0.4 is 0 Å². The third-order valence-corrected chi connectivity index (χ3v) is 5.56. The van der Waals surface area contributed by atoms with Gasteiger partial charge in [0.25, 0.3) is 0 Å². The highest BCUT2D eigenvalue weighted by molar-refractivity contribution is 5.92. The molecule has 3 aliphatic rings. The Morgan fingerprint density at radius 2 is 2.14 bits per heavy atom. The van der Waals surface area contributed by atoms with E-state index < -0.39 is 17.2 Å². The molecule has 3 rings (SSSR count). The van der Waals surface area contributed by atoms with E-state index in [4.69, 9.17) is 9.47 Å². The van der Waals surface area contributed by atoms with Gasteiger partial charge in [-0.25, -0.2) is 4.79 Å². The second-order valence-electron chi connectivity index (χ2n) is 7.00. The molecule has 1 aliphatic heterocycles. The van der Waals surface area contributed by atoms with Gasteiger partial charge >= 0.3 is 11.9 Å². The lowest BCUT2D eigenvalue weighted by Gasteiger charge is -2.52. The summed E-state index contributed by atoms with van der Waals surface area (Å²) in [4.78, 5) is 23.3. The Bertz CT molecular complexity index is 617. The van der Waals surface area contributed by atoms with Crippen molar-refractivity contribution in [3.8, 4) is 0 Å². The number of allylic oxidation sites excluding steroid dienone is 1. The molecule has 0 radical (unpaired) electrons. The third kappa shape index (κ3) is 2.02. The van der Waals surface area contributed by atoms with Crippen molar-refractivity contribution in [2.75, 3.05) is 0 Å². The summed E-state index contributed by atoms with van der Waals surface area (Å²) in [5.41, 5.74) is 1.95. The minimum Gasteiger partial charge on any atom is -0.462 e. The summed E-state index contributed by atoms with van der Waals surface area (Å²) < 4.78 is 10.8. The van der Waals surface area contributed by atoms with Crippen LogP contribution in [0.4, 0.5) is 0 Å². The number of hydrogen-bond donors (Lipinski definition) is 1. The molecule has 0 unspecified atom stereocenters. The average Bonchev–Trinajstić information content (AvgIpc) is 2.61. The highest BCUT2D eigenvalue weighted by Crippen LogP contribution is 2.58. The quantitative estimate of drug-likeness (QED) is 0.594. The van der Waals surface area contributed by atoms with Crippen molar-refractivity contribution in [3.63, 3.8) is 0 Å². The molecule has 0 aromatic rings. The van der Waals surface area contributed by atoms with Crippen molar-refractivity contribution in [3.05, 3.63) is 22.8 Å². The molecule has 0 amide bonds. The van der Waals surface area contributed by atoms with Crippen molar-refractivity contribution in [2.45, 2.75) is 58.8 Å². The van der Waals surface area contributed by atoms with Crippen LogP contribution in [0, 0.1) is 11.3 Å². The van der Waals surface area contributed by atoms with E-state index in [0.29, 0.717) is 24.0 Å². The molecule has 1 heterocycles. The lowest BCUT2D eigenvalue weighted by Crippen LogP contribution is -2.54. The van der Waals surface area contributed by atoms with Crippen LogP contribution in [0.1, 0.15) is 47.0 Å². The van der Waals surface area contributed by atoms with Crippen LogP contribution in [0.25, 0.3) is 0 Å². The molecular formula is C17H22O5. The molecule has 2 aliphatic carbocycles. The SMILES string of the molecule is CC(=O)O[C@@H]1CC=C(C)[C@@H]2CC3=C(C)C(=O)O[C@@]3(O)C[C@@]12C. The molecule has 1 N–H and O–H groups in total. The molecule has 0 spiro atoms. The maximum Gasteiger partial charge on any atom is 0.336 e. The Morgan fingerprint density at radius 1 is 1.45 bits per heavy atom. The van der Waals surface area contributed by atoms with Crippen molar-refractivity contribution >= 4 is 11.9 Å². The number of aliphatic hydroxyl groups is 1. The molecule has 0 bridgehead atoms. The fourth-order valence-corrected chi connectivity index (χ4v) is 4.35. The van der Waals surface area contributed by atoms with Gasteiger partial charge < -0.3 is 14.6 Å². The van der Waals surface area contributed by atoms with Gasteiger partial charge in [-0.15, -0.1) is 0 Å². The highest BCUT2D eigenvalue weighted by Gasteiger charge is 2.60. The topological polar surface area (TPSA) is 72.8 Å². The van der Waals surface area contributed by atoms with Crippen LogP contribution in [-0.4, -0.2) is 28.9 Å². The molecule has 0 aromatic carbocycles. The fraction of sp³-hybridized carbons (Fsp3) is 0.647. The van der Waals surface area contributed by atoms with Crippen LogP contribution in [0.3, 0.4) is 0 Å². The van der Waals surface area contributed by atoms with Crippen molar-refractivity contribution < 1.29 is 24.2 Å². The number of rotatable bonds is 1. The Hall–Kier alpha value is -1.62. The summed E-state index contributed by atoms with van der Waals surface area (Å²) in [7, 11) is 0. The second kappa shape index (κ2) is 4.69. The smallest absolute Gasteiger partial charge is 0.336 e. The van der Waals surface area contributed by atoms with E-state index >= 15 is 0 Å². The van der Waals surface area contributed by atoms with Crippen molar-refractivity contribution in [1.29, 1.82) is 0 Å². The van der Waals surface area contributed by atoms with Crippen molar-refractivity contribution in [1.82, 2.24) is 0 Å². The predicted molar refractivity (Wildman–Crippen MR) is 78.5 cm³/mol. The molecule has 5 nitrogen and oxygen atoms in total. The summed E-state index contributed by atoms with van der Waals surface area (Å²) in [5, 5.41) is 10.8. The van der Waals surface area contributed by atoms with Gasteiger partial charge in [0.1, 0.15) is 6.10 Å². The van der Waals surface area contributed by atoms with Crippen LogP contribution in [0.5, 0.6) is 0 Å². The van der Waals surface area contributed by atoms with E-state index in [-0.39, 0.29) is 24.4 Å². The van der Waals surface area contributed by atoms with Crippen LogP contribution in [-0.2, 0) is 19.1 Å². The highest BCUT2D eigenvalue weighted by atomic mass is 16.7. The predicted octanol–water partition coefficient (Wildman–Crippen LogP) is 2.25. The first-order valence-electron chi connectivity index (χ1n) is 7.67. The van der Waals surface area contributed by atoms with Gasteiger partial charge in [0, 0.05) is 36.3 Å². The van der Waals surface area contributed by atoms with E-state index in [1.165, 1.54) is 12.5 Å². The molecule has 22 heavy (non-hydrogen) atoms. The normalized spacial score (nSPS) is 40.6. The lowest BCUT2D eigenvalue weighted by molar-refractivity contribution is -0.215. The third-order valence-electron chi connectivity index (χ3n) is 5.56. The Labute approximate surface area is 130 Å². The van der Waals surface area contributed by atoms with Gasteiger partial charge in [-0.3, -0.25) is 4.79 Å². The van der Waals surface area contributed by atoms with E-state index in [0.717, 1.165) is 0 Å². The summed E-state index contributed by atoms with van der Waals surface area (Å²) in [6, 6.07) is 0. The minimum atomic E-state index is -1.55. The first kappa shape index (κ1) is 15.3. The zero-order valence-electron chi connectivity index (χ0n) is 13.4. The first-order chi connectivity index (χ1) is 10.2. The number of carbonyl (C=O) groups is 2. The van der Waals surface area contributed by atoms with Crippen molar-refractivity contribution in [2.24, 2.45) is 11.3 Å². The lowest BCUT2D eigenvalue weighted by atomic mass is 9.56. The molecule has 120 valence electrons. The zero-order chi connectivity index (χ0) is 16.3. The van der Waals surface area contributed by atoms with Gasteiger partial charge in [0.2, 0.25) is 5.79 Å². The number of ether oxygens (including phenoxy) is 2.